The minimum atomic E-state index is -3.35. The highest BCUT2D eigenvalue weighted by molar-refractivity contribution is 7.89. The molecule has 2 saturated carbocycles. The summed E-state index contributed by atoms with van der Waals surface area (Å²) in [5.41, 5.74) is 0. The van der Waals surface area contributed by atoms with E-state index in [1.807, 2.05) is 6.07 Å². The second-order valence-corrected chi connectivity index (χ2v) is 8.96. The molecule has 2 fully saturated rings. The van der Waals surface area contributed by atoms with Gasteiger partial charge < -0.3 is 5.32 Å². The Morgan fingerprint density at radius 2 is 1.95 bits per heavy atom. The Morgan fingerprint density at radius 1 is 1.29 bits per heavy atom. The zero-order valence-corrected chi connectivity index (χ0v) is 14.1. The van der Waals surface area contributed by atoms with Crippen LogP contribution in [0.5, 0.6) is 0 Å². The molecule has 6 heteroatoms. The van der Waals surface area contributed by atoms with Crippen LogP contribution in [0.4, 0.5) is 0 Å². The lowest BCUT2D eigenvalue weighted by Crippen LogP contribution is -2.37. The highest BCUT2D eigenvalue weighted by Crippen LogP contribution is 2.45. The molecule has 2 aliphatic rings. The number of sulfonamides is 1. The third-order valence-corrected chi connectivity index (χ3v) is 6.74. The molecule has 0 saturated heterocycles. The maximum absolute atomic E-state index is 12.5. The van der Waals surface area contributed by atoms with Crippen LogP contribution in [-0.4, -0.2) is 21.0 Å². The van der Waals surface area contributed by atoms with Crippen LogP contribution in [0, 0.1) is 11.8 Å². The molecule has 0 aliphatic heterocycles. The van der Waals surface area contributed by atoms with Crippen LogP contribution in [0.3, 0.4) is 0 Å². The van der Waals surface area contributed by atoms with E-state index in [1.165, 1.54) is 37.0 Å². The molecule has 3 rings (SSSR count). The molecule has 21 heavy (non-hydrogen) atoms. The zero-order valence-electron chi connectivity index (χ0n) is 12.5. The first kappa shape index (κ1) is 15.5. The fraction of sp³-hybridized carbons (Fsp3) is 0.733. The molecule has 0 aromatic carbocycles. The molecular weight excluding hydrogens is 304 g/mol. The third-order valence-electron chi connectivity index (χ3n) is 4.22. The minimum absolute atomic E-state index is 0.177. The lowest BCUT2D eigenvalue weighted by atomic mass is 10.1. The van der Waals surface area contributed by atoms with E-state index in [1.54, 1.807) is 5.38 Å². The average molecular weight is 329 g/mol. The van der Waals surface area contributed by atoms with Gasteiger partial charge in [-0.1, -0.05) is 6.92 Å². The molecule has 0 unspecified atom stereocenters. The SMILES string of the molecule is CCCNCc1cc(S(=O)(=O)NC(C2CC2)C2CC2)cs1. The maximum Gasteiger partial charge on any atom is 0.241 e. The fourth-order valence-electron chi connectivity index (χ4n) is 2.72. The number of thiophene rings is 1. The van der Waals surface area contributed by atoms with Gasteiger partial charge in [0.05, 0.1) is 4.90 Å². The van der Waals surface area contributed by atoms with Gasteiger partial charge >= 0.3 is 0 Å². The van der Waals surface area contributed by atoms with E-state index in [-0.39, 0.29) is 6.04 Å². The van der Waals surface area contributed by atoms with Crippen LogP contribution >= 0.6 is 11.3 Å². The summed E-state index contributed by atoms with van der Waals surface area (Å²) in [6, 6.07) is 1.99. The van der Waals surface area contributed by atoms with E-state index in [9.17, 15) is 8.42 Å². The summed E-state index contributed by atoms with van der Waals surface area (Å²) in [7, 11) is -3.35. The van der Waals surface area contributed by atoms with E-state index in [0.717, 1.165) is 24.4 Å². The largest absolute Gasteiger partial charge is 0.312 e. The van der Waals surface area contributed by atoms with Crippen molar-refractivity contribution >= 4 is 21.4 Å². The zero-order chi connectivity index (χ0) is 14.9. The van der Waals surface area contributed by atoms with Crippen molar-refractivity contribution in [3.05, 3.63) is 16.3 Å². The van der Waals surface area contributed by atoms with Crippen molar-refractivity contribution in [3.63, 3.8) is 0 Å². The van der Waals surface area contributed by atoms with Gasteiger partial charge in [-0.2, -0.15) is 0 Å². The van der Waals surface area contributed by atoms with Crippen molar-refractivity contribution < 1.29 is 8.42 Å². The van der Waals surface area contributed by atoms with Crippen molar-refractivity contribution in [1.29, 1.82) is 0 Å². The predicted octanol–water partition coefficient (Wildman–Crippen LogP) is 2.71. The molecule has 118 valence electrons. The van der Waals surface area contributed by atoms with Crippen LogP contribution in [0.2, 0.25) is 0 Å². The maximum atomic E-state index is 12.5. The summed E-state index contributed by atoms with van der Waals surface area (Å²) < 4.78 is 28.0. The number of nitrogens with one attached hydrogen (secondary N) is 2. The molecule has 0 atom stereocenters. The highest BCUT2D eigenvalue weighted by Gasteiger charge is 2.43. The molecule has 0 amide bonds. The van der Waals surface area contributed by atoms with E-state index in [2.05, 4.69) is 17.0 Å². The Bertz CT molecular complexity index is 562. The summed E-state index contributed by atoms with van der Waals surface area (Å²) in [6.07, 6.45) is 5.81. The summed E-state index contributed by atoms with van der Waals surface area (Å²) >= 11 is 1.52. The Hall–Kier alpha value is -0.430. The van der Waals surface area contributed by atoms with Gasteiger partial charge in [0.25, 0.3) is 0 Å². The lowest BCUT2D eigenvalue weighted by molar-refractivity contribution is 0.471. The normalized spacial score (nSPS) is 19.3. The van der Waals surface area contributed by atoms with Crippen molar-refractivity contribution in [2.24, 2.45) is 11.8 Å². The molecule has 1 aromatic heterocycles. The lowest BCUT2D eigenvalue weighted by Gasteiger charge is -2.17. The molecule has 0 radical (unpaired) electrons. The Morgan fingerprint density at radius 3 is 2.52 bits per heavy atom. The number of hydrogen-bond acceptors (Lipinski definition) is 4. The minimum Gasteiger partial charge on any atom is -0.312 e. The van der Waals surface area contributed by atoms with Crippen LogP contribution in [0.25, 0.3) is 0 Å². The molecule has 4 nitrogen and oxygen atoms in total. The van der Waals surface area contributed by atoms with Gasteiger partial charge in [-0.15, -0.1) is 11.3 Å². The van der Waals surface area contributed by atoms with Crippen LogP contribution in [0.1, 0.15) is 43.9 Å². The topological polar surface area (TPSA) is 58.2 Å². The second-order valence-electron chi connectivity index (χ2n) is 6.25. The average Bonchev–Trinajstić information content (AvgIpc) is 3.36. The van der Waals surface area contributed by atoms with Gasteiger partial charge in [-0.05, 0) is 56.6 Å². The van der Waals surface area contributed by atoms with E-state index in [0.29, 0.717) is 16.7 Å². The van der Waals surface area contributed by atoms with Gasteiger partial charge in [0.15, 0.2) is 0 Å². The van der Waals surface area contributed by atoms with Gasteiger partial charge in [0.1, 0.15) is 0 Å². The summed E-state index contributed by atoms with van der Waals surface area (Å²) in [6.45, 7) is 3.84. The van der Waals surface area contributed by atoms with Crippen molar-refractivity contribution in [3.8, 4) is 0 Å². The first-order valence-electron chi connectivity index (χ1n) is 7.90. The highest BCUT2D eigenvalue weighted by atomic mass is 32.2. The van der Waals surface area contributed by atoms with Gasteiger partial charge in [0.2, 0.25) is 10.0 Å². The summed E-state index contributed by atoms with van der Waals surface area (Å²) in [5, 5.41) is 5.07. The molecule has 0 spiro atoms. The third kappa shape index (κ3) is 4.06. The van der Waals surface area contributed by atoms with Gasteiger partial charge in [-0.25, -0.2) is 13.1 Å². The van der Waals surface area contributed by atoms with Gasteiger partial charge in [-0.3, -0.25) is 0 Å². The molecule has 1 heterocycles. The van der Waals surface area contributed by atoms with Crippen molar-refractivity contribution in [2.75, 3.05) is 6.54 Å². The van der Waals surface area contributed by atoms with Crippen molar-refractivity contribution in [1.82, 2.24) is 10.0 Å². The summed E-state index contributed by atoms with van der Waals surface area (Å²) in [4.78, 5) is 1.52. The van der Waals surface area contributed by atoms with Crippen LogP contribution < -0.4 is 10.0 Å². The van der Waals surface area contributed by atoms with E-state index in [4.69, 9.17) is 0 Å². The van der Waals surface area contributed by atoms with E-state index < -0.39 is 10.0 Å². The Balaban J connectivity index is 1.63. The quantitative estimate of drug-likeness (QED) is 0.685. The first-order chi connectivity index (χ1) is 10.1. The molecule has 2 N–H and O–H groups in total. The Kier molecular flexibility index (Phi) is 4.69. The molecule has 0 bridgehead atoms. The second kappa shape index (κ2) is 6.36. The Labute approximate surface area is 131 Å². The predicted molar refractivity (Wildman–Crippen MR) is 85.9 cm³/mol. The number of hydrogen-bond donors (Lipinski definition) is 2. The van der Waals surface area contributed by atoms with Crippen molar-refractivity contribution in [2.45, 2.75) is 56.5 Å². The fourth-order valence-corrected chi connectivity index (χ4v) is 5.34. The van der Waals surface area contributed by atoms with Crippen LogP contribution in [0.15, 0.2) is 16.3 Å². The monoisotopic (exact) mass is 328 g/mol. The standard InChI is InChI=1S/C15H24N2O2S2/c1-2-7-16-9-13-8-14(10-20-13)21(18,19)17-15(11-3-4-11)12-5-6-12/h8,10-12,15-17H,2-7,9H2,1H3. The molecule has 1 aromatic rings. The molecule has 2 aliphatic carbocycles. The summed E-state index contributed by atoms with van der Waals surface area (Å²) in [5.74, 6) is 1.16. The smallest absolute Gasteiger partial charge is 0.241 e. The first-order valence-corrected chi connectivity index (χ1v) is 10.3. The van der Waals surface area contributed by atoms with E-state index >= 15 is 0 Å². The van der Waals surface area contributed by atoms with Gasteiger partial charge in [0, 0.05) is 22.8 Å². The number of rotatable bonds is 9. The molecular formula is C15H24N2O2S2. The van der Waals surface area contributed by atoms with Crippen LogP contribution in [-0.2, 0) is 16.6 Å².